The summed E-state index contributed by atoms with van der Waals surface area (Å²) in [5.74, 6) is -1.29. The fourth-order valence-corrected chi connectivity index (χ4v) is 4.56. The summed E-state index contributed by atoms with van der Waals surface area (Å²) in [4.78, 5) is 22.5. The summed E-state index contributed by atoms with van der Waals surface area (Å²) in [6.07, 6.45) is 1.06. The van der Waals surface area contributed by atoms with Crippen LogP contribution in [0.2, 0.25) is 0 Å². The number of amidine groups is 1. The summed E-state index contributed by atoms with van der Waals surface area (Å²) >= 11 is 0.984. The molecule has 10 nitrogen and oxygen atoms in total. The summed E-state index contributed by atoms with van der Waals surface area (Å²) in [6, 6.07) is 10.8. The number of carbonyl (C=O) groups excluding carboxylic acids is 1. The summed E-state index contributed by atoms with van der Waals surface area (Å²) in [6.45, 7) is 3.87. The normalized spacial score (nSPS) is 17.3. The maximum absolute atomic E-state index is 12.6. The third kappa shape index (κ3) is 6.56. The Morgan fingerprint density at radius 3 is 2.61 bits per heavy atom. The van der Waals surface area contributed by atoms with Crippen LogP contribution in [0, 0.1) is 6.92 Å². The predicted octanol–water partition coefficient (Wildman–Crippen LogP) is 2.56. The van der Waals surface area contributed by atoms with E-state index in [1.807, 2.05) is 6.92 Å². The third-order valence-electron chi connectivity index (χ3n) is 4.27. The van der Waals surface area contributed by atoms with E-state index in [2.05, 4.69) is 15.5 Å². The van der Waals surface area contributed by atoms with Gasteiger partial charge in [-0.15, -0.1) is 5.10 Å². The summed E-state index contributed by atoms with van der Waals surface area (Å²) < 4.78 is 36.0. The molecule has 1 heterocycles. The number of hydrogen-bond donors (Lipinski definition) is 2. The molecule has 2 aromatic carbocycles. The van der Waals surface area contributed by atoms with Gasteiger partial charge >= 0.3 is 16.1 Å². The molecule has 1 aliphatic heterocycles. The van der Waals surface area contributed by atoms with Gasteiger partial charge in [0.25, 0.3) is 0 Å². The van der Waals surface area contributed by atoms with Crippen molar-refractivity contribution < 1.29 is 32.0 Å². The maximum atomic E-state index is 12.6. The van der Waals surface area contributed by atoms with Crippen LogP contribution in [0.4, 0.5) is 0 Å². The average Bonchev–Trinajstić information content (AvgIpc) is 3.08. The van der Waals surface area contributed by atoms with Crippen molar-refractivity contribution in [3.05, 3.63) is 53.6 Å². The number of carboxylic acids is 1. The van der Waals surface area contributed by atoms with Crippen molar-refractivity contribution in [2.45, 2.75) is 30.4 Å². The number of benzene rings is 2. The largest absolute Gasteiger partial charge is 0.490 e. The van der Waals surface area contributed by atoms with Crippen LogP contribution in [0.5, 0.6) is 11.5 Å². The van der Waals surface area contributed by atoms with E-state index in [0.717, 1.165) is 17.3 Å². The van der Waals surface area contributed by atoms with Crippen LogP contribution in [0.15, 0.2) is 57.6 Å². The number of nitrogens with zero attached hydrogens (tertiary/aromatic N) is 2. The van der Waals surface area contributed by atoms with Gasteiger partial charge in [0.2, 0.25) is 5.91 Å². The van der Waals surface area contributed by atoms with Gasteiger partial charge in [0, 0.05) is 0 Å². The molecule has 1 saturated heterocycles. The fraction of sp³-hybridized carbons (Fsp3) is 0.238. The number of rotatable bonds is 9. The zero-order valence-electron chi connectivity index (χ0n) is 17.7. The second kappa shape index (κ2) is 10.5. The standard InChI is InChI=1S/C21H21N3O7S2/c1-3-30-17-10-14(12-22-24-21-23-20(27)18(32-21)11-19(25)26)6-9-16(17)31-33(28,29)15-7-4-13(2)5-8-15/h4-10,12,18H,3,11H2,1-2H3,(H,25,26)(H,23,24,27)/b22-12-/t18-/m0/s1. The van der Waals surface area contributed by atoms with Crippen molar-refractivity contribution in [3.63, 3.8) is 0 Å². The highest BCUT2D eigenvalue weighted by molar-refractivity contribution is 8.15. The Hall–Kier alpha value is -3.38. The SMILES string of the molecule is CCOc1cc(/C=N\N=C2/NC(=O)[C@H](CC(=O)O)S2)ccc1OS(=O)(=O)c1ccc(C)cc1. The van der Waals surface area contributed by atoms with Crippen molar-refractivity contribution >= 4 is 45.1 Å². The van der Waals surface area contributed by atoms with Crippen LogP contribution in [0.1, 0.15) is 24.5 Å². The number of carbonyl (C=O) groups is 2. The second-order valence-corrected chi connectivity index (χ2v) is 9.57. The maximum Gasteiger partial charge on any atom is 0.339 e. The first-order valence-electron chi connectivity index (χ1n) is 9.76. The molecule has 2 aromatic rings. The Morgan fingerprint density at radius 1 is 1.21 bits per heavy atom. The van der Waals surface area contributed by atoms with Crippen LogP contribution in [-0.2, 0) is 19.7 Å². The van der Waals surface area contributed by atoms with E-state index in [1.54, 1.807) is 31.2 Å². The van der Waals surface area contributed by atoms with Crippen LogP contribution in [0.3, 0.4) is 0 Å². The van der Waals surface area contributed by atoms with E-state index < -0.39 is 27.2 Å². The molecule has 0 unspecified atom stereocenters. The second-order valence-electron chi connectivity index (χ2n) is 6.83. The lowest BCUT2D eigenvalue weighted by Crippen LogP contribution is -2.26. The first kappa shape index (κ1) is 24.3. The van der Waals surface area contributed by atoms with Gasteiger partial charge in [-0.25, -0.2) is 0 Å². The minimum Gasteiger partial charge on any atom is -0.490 e. The third-order valence-corrected chi connectivity index (χ3v) is 6.59. The monoisotopic (exact) mass is 491 g/mol. The zero-order valence-corrected chi connectivity index (χ0v) is 19.4. The molecule has 1 aliphatic rings. The molecule has 1 atom stereocenters. The number of thioether (sulfide) groups is 1. The fourth-order valence-electron chi connectivity index (χ4n) is 2.71. The smallest absolute Gasteiger partial charge is 0.339 e. The molecule has 0 aliphatic carbocycles. The van der Waals surface area contributed by atoms with E-state index in [4.69, 9.17) is 14.0 Å². The van der Waals surface area contributed by atoms with E-state index in [-0.39, 0.29) is 34.6 Å². The topological polar surface area (TPSA) is 144 Å². The van der Waals surface area contributed by atoms with E-state index in [9.17, 15) is 18.0 Å². The molecule has 0 saturated carbocycles. The summed E-state index contributed by atoms with van der Waals surface area (Å²) in [5.41, 5.74) is 1.46. The highest BCUT2D eigenvalue weighted by Gasteiger charge is 2.32. The first-order valence-corrected chi connectivity index (χ1v) is 12.0. The number of carboxylic acid groups (broad SMARTS) is 1. The quantitative estimate of drug-likeness (QED) is 0.309. The van der Waals surface area contributed by atoms with Crippen molar-refractivity contribution in [2.75, 3.05) is 6.61 Å². The van der Waals surface area contributed by atoms with Gasteiger partial charge in [-0.3, -0.25) is 9.59 Å². The first-order chi connectivity index (χ1) is 15.7. The number of ether oxygens (including phenoxy) is 1. The molecule has 33 heavy (non-hydrogen) atoms. The molecular formula is C21H21N3O7S2. The van der Waals surface area contributed by atoms with Gasteiger partial charge in [-0.2, -0.15) is 13.5 Å². The molecule has 3 rings (SSSR count). The van der Waals surface area contributed by atoms with Gasteiger partial charge < -0.3 is 19.3 Å². The predicted molar refractivity (Wildman–Crippen MR) is 123 cm³/mol. The van der Waals surface area contributed by atoms with Gasteiger partial charge in [-0.05, 0) is 49.7 Å². The van der Waals surface area contributed by atoms with Crippen molar-refractivity contribution in [2.24, 2.45) is 10.2 Å². The molecule has 0 spiro atoms. The number of amides is 1. The molecule has 0 radical (unpaired) electrons. The Balaban J connectivity index is 1.75. The Morgan fingerprint density at radius 2 is 1.94 bits per heavy atom. The van der Waals surface area contributed by atoms with Crippen LogP contribution < -0.4 is 14.2 Å². The van der Waals surface area contributed by atoms with E-state index in [0.29, 0.717) is 5.56 Å². The van der Waals surface area contributed by atoms with Gasteiger partial charge in [-0.1, -0.05) is 29.5 Å². The van der Waals surface area contributed by atoms with Crippen LogP contribution in [0.25, 0.3) is 0 Å². The Kier molecular flexibility index (Phi) is 7.71. The van der Waals surface area contributed by atoms with Gasteiger partial charge in [0.1, 0.15) is 10.1 Å². The van der Waals surface area contributed by atoms with Gasteiger partial charge in [0.15, 0.2) is 16.7 Å². The molecule has 12 heteroatoms. The molecule has 1 fully saturated rings. The molecule has 0 bridgehead atoms. The minimum absolute atomic E-state index is 0.0225. The number of hydrogen-bond acceptors (Lipinski definition) is 9. The van der Waals surface area contributed by atoms with Crippen molar-refractivity contribution in [1.82, 2.24) is 5.32 Å². The average molecular weight is 492 g/mol. The number of aliphatic carboxylic acids is 1. The molecule has 174 valence electrons. The van der Waals surface area contributed by atoms with Crippen LogP contribution in [-0.4, -0.2) is 48.6 Å². The van der Waals surface area contributed by atoms with Gasteiger partial charge in [0.05, 0.1) is 19.2 Å². The number of nitrogens with one attached hydrogen (secondary N) is 1. The molecule has 1 amide bonds. The minimum atomic E-state index is -4.05. The lowest BCUT2D eigenvalue weighted by molar-refractivity contribution is -0.138. The lowest BCUT2D eigenvalue weighted by atomic mass is 10.2. The number of aryl methyl sites for hydroxylation is 1. The highest BCUT2D eigenvalue weighted by Crippen LogP contribution is 2.31. The lowest BCUT2D eigenvalue weighted by Gasteiger charge is -2.12. The van der Waals surface area contributed by atoms with Crippen molar-refractivity contribution in [1.29, 1.82) is 0 Å². The molecular weight excluding hydrogens is 470 g/mol. The van der Waals surface area contributed by atoms with Crippen molar-refractivity contribution in [3.8, 4) is 11.5 Å². The Labute approximate surface area is 194 Å². The summed E-state index contributed by atoms with van der Waals surface area (Å²) in [5, 5.41) is 18.5. The zero-order chi connectivity index (χ0) is 24.0. The van der Waals surface area contributed by atoms with Crippen LogP contribution >= 0.6 is 11.8 Å². The molecule has 2 N–H and O–H groups in total. The highest BCUT2D eigenvalue weighted by atomic mass is 32.2. The van der Waals surface area contributed by atoms with E-state index >= 15 is 0 Å². The van der Waals surface area contributed by atoms with E-state index in [1.165, 1.54) is 24.4 Å². The Bertz CT molecular complexity index is 1210. The summed E-state index contributed by atoms with van der Waals surface area (Å²) in [7, 11) is -4.05. The molecule has 0 aromatic heterocycles.